The Morgan fingerprint density at radius 2 is 1.62 bits per heavy atom. The maximum absolute atomic E-state index is 11.5. The summed E-state index contributed by atoms with van der Waals surface area (Å²) in [6, 6.07) is 18.0. The van der Waals surface area contributed by atoms with Crippen LogP contribution in [0.3, 0.4) is 0 Å². The van der Waals surface area contributed by atoms with Crippen LogP contribution in [0.4, 0.5) is 0 Å². The van der Waals surface area contributed by atoms with Gasteiger partial charge in [0, 0.05) is 17.5 Å². The highest BCUT2D eigenvalue weighted by Crippen LogP contribution is 2.38. The number of piperidine rings is 1. The van der Waals surface area contributed by atoms with Crippen molar-refractivity contribution in [3.63, 3.8) is 0 Å². The Morgan fingerprint density at radius 3 is 2.25 bits per heavy atom. The van der Waals surface area contributed by atoms with Gasteiger partial charge in [0.2, 0.25) is 0 Å². The average Bonchev–Trinajstić information content (AvgIpc) is 2.61. The molecular weight excluding hydrogens is 318 g/mol. The van der Waals surface area contributed by atoms with Gasteiger partial charge in [-0.25, -0.2) is 0 Å². The van der Waals surface area contributed by atoms with E-state index < -0.39 is 5.60 Å². The van der Waals surface area contributed by atoms with E-state index in [9.17, 15) is 5.11 Å². The van der Waals surface area contributed by atoms with Gasteiger partial charge in [0.25, 0.3) is 0 Å². The lowest BCUT2D eigenvalue weighted by Gasteiger charge is -2.38. The molecular formula is C21H26ClNO. The quantitative estimate of drug-likeness (QED) is 0.841. The van der Waals surface area contributed by atoms with Crippen molar-refractivity contribution < 1.29 is 5.11 Å². The third kappa shape index (κ3) is 4.00. The van der Waals surface area contributed by atoms with Gasteiger partial charge in [0.1, 0.15) is 0 Å². The van der Waals surface area contributed by atoms with E-state index in [1.807, 2.05) is 37.3 Å². The van der Waals surface area contributed by atoms with Crippen LogP contribution in [0.25, 0.3) is 0 Å². The standard InChI is InChI=1S/C21H26ClNO/c1-21(24,18-10-12-19(22)13-11-18)20(17-8-4-2-5-9-17)16-23-14-6-3-7-15-23/h2,4-5,8-13,20,24H,3,6-7,14-16H2,1H3/t20-,21+/m1/s1. The van der Waals surface area contributed by atoms with Gasteiger partial charge < -0.3 is 10.0 Å². The number of halogens is 1. The van der Waals surface area contributed by atoms with Crippen LogP contribution in [0, 0.1) is 0 Å². The summed E-state index contributed by atoms with van der Waals surface area (Å²) in [7, 11) is 0. The third-order valence-electron chi connectivity index (χ3n) is 5.20. The summed E-state index contributed by atoms with van der Waals surface area (Å²) in [5, 5.41) is 12.1. The van der Waals surface area contributed by atoms with Crippen LogP contribution in [-0.2, 0) is 5.60 Å². The molecule has 0 radical (unpaired) electrons. The minimum absolute atomic E-state index is 0.0259. The lowest BCUT2D eigenvalue weighted by Crippen LogP contribution is -2.41. The van der Waals surface area contributed by atoms with Gasteiger partial charge in [-0.05, 0) is 56.1 Å². The van der Waals surface area contributed by atoms with Gasteiger partial charge in [-0.2, -0.15) is 0 Å². The zero-order chi connectivity index (χ0) is 17.0. The summed E-state index contributed by atoms with van der Waals surface area (Å²) in [5.74, 6) is 0.0259. The Morgan fingerprint density at radius 1 is 1.00 bits per heavy atom. The molecule has 1 fully saturated rings. The van der Waals surface area contributed by atoms with Crippen molar-refractivity contribution in [2.24, 2.45) is 0 Å². The molecule has 0 saturated carbocycles. The molecule has 0 unspecified atom stereocenters. The van der Waals surface area contributed by atoms with Gasteiger partial charge in [-0.3, -0.25) is 0 Å². The molecule has 2 aromatic rings. The molecule has 0 amide bonds. The third-order valence-corrected chi connectivity index (χ3v) is 5.45. The number of benzene rings is 2. The monoisotopic (exact) mass is 343 g/mol. The first-order valence-corrected chi connectivity index (χ1v) is 9.21. The van der Waals surface area contributed by atoms with Crippen LogP contribution in [0.5, 0.6) is 0 Å². The number of likely N-dealkylation sites (tertiary alicyclic amines) is 1. The molecule has 1 saturated heterocycles. The van der Waals surface area contributed by atoms with Gasteiger partial charge >= 0.3 is 0 Å². The molecule has 3 heteroatoms. The normalized spacial score (nSPS) is 19.6. The average molecular weight is 344 g/mol. The molecule has 1 heterocycles. The number of rotatable bonds is 5. The molecule has 24 heavy (non-hydrogen) atoms. The predicted octanol–water partition coefficient (Wildman–Crippen LogP) is 4.82. The summed E-state index contributed by atoms with van der Waals surface area (Å²) in [6.45, 7) is 5.05. The maximum atomic E-state index is 11.5. The first-order valence-electron chi connectivity index (χ1n) is 8.83. The summed E-state index contributed by atoms with van der Waals surface area (Å²) in [4.78, 5) is 2.49. The maximum Gasteiger partial charge on any atom is 0.0949 e. The minimum Gasteiger partial charge on any atom is -0.385 e. The van der Waals surface area contributed by atoms with Gasteiger partial charge in [-0.1, -0.05) is 60.5 Å². The van der Waals surface area contributed by atoms with Crippen molar-refractivity contribution >= 4 is 11.6 Å². The molecule has 0 bridgehead atoms. The Balaban J connectivity index is 1.91. The van der Waals surface area contributed by atoms with Crippen molar-refractivity contribution in [3.8, 4) is 0 Å². The van der Waals surface area contributed by atoms with Crippen LogP contribution in [0.1, 0.15) is 43.2 Å². The van der Waals surface area contributed by atoms with E-state index >= 15 is 0 Å². The van der Waals surface area contributed by atoms with Crippen LogP contribution in [0.2, 0.25) is 5.02 Å². The van der Waals surface area contributed by atoms with E-state index in [0.29, 0.717) is 5.02 Å². The number of nitrogens with zero attached hydrogens (tertiary/aromatic N) is 1. The van der Waals surface area contributed by atoms with E-state index in [2.05, 4.69) is 29.2 Å². The number of aliphatic hydroxyl groups is 1. The van der Waals surface area contributed by atoms with Gasteiger partial charge in [-0.15, -0.1) is 0 Å². The van der Waals surface area contributed by atoms with Gasteiger partial charge in [0.15, 0.2) is 0 Å². The zero-order valence-corrected chi connectivity index (χ0v) is 15.0. The Labute approximate surface area is 150 Å². The molecule has 1 N–H and O–H groups in total. The van der Waals surface area contributed by atoms with E-state index in [-0.39, 0.29) is 5.92 Å². The second kappa shape index (κ2) is 7.69. The highest BCUT2D eigenvalue weighted by molar-refractivity contribution is 6.30. The molecule has 2 nitrogen and oxygen atoms in total. The lowest BCUT2D eigenvalue weighted by molar-refractivity contribution is 0.0107. The molecule has 0 spiro atoms. The van der Waals surface area contributed by atoms with E-state index in [0.717, 1.165) is 25.2 Å². The molecule has 3 rings (SSSR count). The van der Waals surface area contributed by atoms with Crippen LogP contribution in [0.15, 0.2) is 54.6 Å². The second-order valence-electron chi connectivity index (χ2n) is 6.98. The van der Waals surface area contributed by atoms with Crippen molar-refractivity contribution in [2.45, 2.75) is 37.7 Å². The van der Waals surface area contributed by atoms with E-state index in [1.54, 1.807) is 0 Å². The van der Waals surface area contributed by atoms with Crippen molar-refractivity contribution in [3.05, 3.63) is 70.7 Å². The van der Waals surface area contributed by atoms with Crippen molar-refractivity contribution in [1.29, 1.82) is 0 Å². The molecule has 0 aliphatic carbocycles. The van der Waals surface area contributed by atoms with Gasteiger partial charge in [0.05, 0.1) is 5.60 Å². The van der Waals surface area contributed by atoms with Crippen molar-refractivity contribution in [1.82, 2.24) is 4.90 Å². The predicted molar refractivity (Wildman–Crippen MR) is 100 cm³/mol. The first-order chi connectivity index (χ1) is 11.6. The number of hydrogen-bond donors (Lipinski definition) is 1. The zero-order valence-electron chi connectivity index (χ0n) is 14.3. The summed E-state index contributed by atoms with van der Waals surface area (Å²) in [5.41, 5.74) is 1.16. The Kier molecular flexibility index (Phi) is 5.60. The number of hydrogen-bond acceptors (Lipinski definition) is 2. The first kappa shape index (κ1) is 17.5. The highest BCUT2D eigenvalue weighted by atomic mass is 35.5. The van der Waals surface area contributed by atoms with Crippen LogP contribution >= 0.6 is 11.6 Å². The smallest absolute Gasteiger partial charge is 0.0949 e. The lowest BCUT2D eigenvalue weighted by atomic mass is 9.78. The molecule has 1 aliphatic rings. The van der Waals surface area contributed by atoms with E-state index in [1.165, 1.54) is 24.8 Å². The van der Waals surface area contributed by atoms with E-state index in [4.69, 9.17) is 11.6 Å². The largest absolute Gasteiger partial charge is 0.385 e. The summed E-state index contributed by atoms with van der Waals surface area (Å²) in [6.07, 6.45) is 3.83. The highest BCUT2D eigenvalue weighted by Gasteiger charge is 2.36. The minimum atomic E-state index is -0.941. The van der Waals surface area contributed by atoms with Crippen molar-refractivity contribution in [2.75, 3.05) is 19.6 Å². The Bertz CT molecular complexity index is 633. The molecule has 0 aromatic heterocycles. The fourth-order valence-corrected chi connectivity index (χ4v) is 3.81. The fraction of sp³-hybridized carbons (Fsp3) is 0.429. The summed E-state index contributed by atoms with van der Waals surface area (Å²) < 4.78 is 0. The molecule has 1 aliphatic heterocycles. The SMILES string of the molecule is C[C@](O)(c1ccc(Cl)cc1)[C@H](CN1CCCCC1)c1ccccc1. The fourth-order valence-electron chi connectivity index (χ4n) is 3.68. The molecule has 2 aromatic carbocycles. The second-order valence-corrected chi connectivity index (χ2v) is 7.42. The topological polar surface area (TPSA) is 23.5 Å². The molecule has 2 atom stereocenters. The molecule has 128 valence electrons. The van der Waals surface area contributed by atoms with Crippen LogP contribution < -0.4 is 0 Å². The Hall–Kier alpha value is -1.35. The van der Waals surface area contributed by atoms with Crippen LogP contribution in [-0.4, -0.2) is 29.6 Å². The summed E-state index contributed by atoms with van der Waals surface area (Å²) >= 11 is 6.02.